The molecule has 0 fully saturated rings. The van der Waals surface area contributed by atoms with Crippen molar-refractivity contribution in [3.63, 3.8) is 0 Å². The minimum atomic E-state index is -0.419. The molecule has 0 aromatic carbocycles. The summed E-state index contributed by atoms with van der Waals surface area (Å²) in [6.07, 6.45) is 0.765. The van der Waals surface area contributed by atoms with E-state index in [9.17, 15) is 4.79 Å². The molecule has 3 N–H and O–H groups in total. The van der Waals surface area contributed by atoms with Crippen molar-refractivity contribution in [2.24, 2.45) is 11.7 Å². The van der Waals surface area contributed by atoms with Gasteiger partial charge in [-0.05, 0) is 12.8 Å². The normalized spacial score (nSPS) is 12.8. The minimum Gasteiger partial charge on any atom is -0.354 e. The molecule has 0 aliphatic rings. The summed E-state index contributed by atoms with van der Waals surface area (Å²) in [5.41, 5.74) is 6.75. The summed E-state index contributed by atoms with van der Waals surface area (Å²) in [6.45, 7) is 6.45. The van der Waals surface area contributed by atoms with Crippen molar-refractivity contribution >= 4 is 17.2 Å². The number of carbonyl (C=O) groups is 1. The van der Waals surface area contributed by atoms with E-state index in [2.05, 4.69) is 10.3 Å². The molecule has 0 aliphatic carbocycles. The number of carbonyl (C=O) groups excluding carboxylic acids is 1. The van der Waals surface area contributed by atoms with Gasteiger partial charge in [0.05, 0.1) is 16.7 Å². The van der Waals surface area contributed by atoms with Crippen LogP contribution in [0.5, 0.6) is 0 Å². The number of aryl methyl sites for hydroxylation is 1. The first kappa shape index (κ1) is 13.1. The minimum absolute atomic E-state index is 0.0815. The lowest BCUT2D eigenvalue weighted by Crippen LogP contribution is -2.44. The number of hydrogen-bond donors (Lipinski definition) is 2. The van der Waals surface area contributed by atoms with Crippen LogP contribution in [0.4, 0.5) is 0 Å². The number of rotatable bonds is 5. The van der Waals surface area contributed by atoms with E-state index in [-0.39, 0.29) is 11.8 Å². The Morgan fingerprint density at radius 1 is 1.62 bits per heavy atom. The second-order valence-corrected chi connectivity index (χ2v) is 5.23. The van der Waals surface area contributed by atoms with E-state index < -0.39 is 6.04 Å². The molecule has 0 bridgehead atoms. The lowest BCUT2D eigenvalue weighted by molar-refractivity contribution is -0.123. The van der Waals surface area contributed by atoms with Gasteiger partial charge in [-0.3, -0.25) is 4.79 Å². The van der Waals surface area contributed by atoms with Gasteiger partial charge in [-0.2, -0.15) is 0 Å². The van der Waals surface area contributed by atoms with Crippen molar-refractivity contribution in [1.82, 2.24) is 10.3 Å². The molecule has 1 aromatic heterocycles. The fourth-order valence-electron chi connectivity index (χ4n) is 1.26. The van der Waals surface area contributed by atoms with Crippen LogP contribution in [0.1, 0.15) is 24.5 Å². The molecule has 0 radical (unpaired) electrons. The Kier molecular flexibility index (Phi) is 4.89. The highest BCUT2D eigenvalue weighted by molar-refractivity contribution is 7.09. The predicted octanol–water partition coefficient (Wildman–Crippen LogP) is 1.09. The van der Waals surface area contributed by atoms with Crippen LogP contribution in [0.25, 0.3) is 0 Å². The van der Waals surface area contributed by atoms with Gasteiger partial charge in [-0.1, -0.05) is 13.8 Å². The Bertz CT molecular complexity index is 349. The van der Waals surface area contributed by atoms with Crippen LogP contribution in [0.2, 0.25) is 0 Å². The van der Waals surface area contributed by atoms with E-state index >= 15 is 0 Å². The van der Waals surface area contributed by atoms with E-state index in [0.29, 0.717) is 6.54 Å². The Morgan fingerprint density at radius 2 is 2.31 bits per heavy atom. The summed E-state index contributed by atoms with van der Waals surface area (Å²) in [4.78, 5) is 15.8. The van der Waals surface area contributed by atoms with Crippen LogP contribution < -0.4 is 11.1 Å². The van der Waals surface area contributed by atoms with E-state index in [1.54, 1.807) is 11.3 Å². The van der Waals surface area contributed by atoms with Gasteiger partial charge in [0.15, 0.2) is 0 Å². The quantitative estimate of drug-likeness (QED) is 0.811. The first-order valence-corrected chi connectivity index (χ1v) is 6.33. The fraction of sp³-hybridized carbons (Fsp3) is 0.636. The van der Waals surface area contributed by atoms with Crippen LogP contribution in [0.3, 0.4) is 0 Å². The van der Waals surface area contributed by atoms with Gasteiger partial charge in [-0.15, -0.1) is 11.3 Å². The van der Waals surface area contributed by atoms with Gasteiger partial charge in [0.25, 0.3) is 0 Å². The molecule has 1 atom stereocenters. The number of amides is 1. The zero-order valence-electron chi connectivity index (χ0n) is 9.99. The zero-order chi connectivity index (χ0) is 12.1. The molecule has 0 spiro atoms. The maximum Gasteiger partial charge on any atom is 0.237 e. The van der Waals surface area contributed by atoms with E-state index in [1.807, 2.05) is 26.2 Å². The van der Waals surface area contributed by atoms with Crippen LogP contribution in [-0.2, 0) is 11.2 Å². The predicted molar refractivity (Wildman–Crippen MR) is 66.4 cm³/mol. The third kappa shape index (κ3) is 3.90. The second kappa shape index (κ2) is 5.96. The van der Waals surface area contributed by atoms with Crippen molar-refractivity contribution in [3.05, 3.63) is 16.1 Å². The smallest absolute Gasteiger partial charge is 0.237 e. The zero-order valence-corrected chi connectivity index (χ0v) is 10.8. The van der Waals surface area contributed by atoms with Crippen molar-refractivity contribution < 1.29 is 4.79 Å². The molecule has 1 heterocycles. The SMILES string of the molecule is Cc1nc(CCNC(=O)[C@@H](N)C(C)C)cs1. The monoisotopic (exact) mass is 241 g/mol. The number of nitrogens with one attached hydrogen (secondary N) is 1. The summed E-state index contributed by atoms with van der Waals surface area (Å²) in [7, 11) is 0. The van der Waals surface area contributed by atoms with Gasteiger partial charge >= 0.3 is 0 Å². The van der Waals surface area contributed by atoms with Gasteiger partial charge in [-0.25, -0.2) is 4.98 Å². The Labute approximate surface area is 100 Å². The van der Waals surface area contributed by atoms with E-state index in [0.717, 1.165) is 17.1 Å². The molecule has 5 heteroatoms. The van der Waals surface area contributed by atoms with Crippen molar-refractivity contribution in [1.29, 1.82) is 0 Å². The Balaban J connectivity index is 2.28. The van der Waals surface area contributed by atoms with Gasteiger partial charge in [0, 0.05) is 18.3 Å². The molecule has 0 saturated carbocycles. The first-order chi connectivity index (χ1) is 7.50. The average molecular weight is 241 g/mol. The van der Waals surface area contributed by atoms with Gasteiger partial charge in [0.2, 0.25) is 5.91 Å². The first-order valence-electron chi connectivity index (χ1n) is 5.45. The highest BCUT2D eigenvalue weighted by Crippen LogP contribution is 2.07. The molecule has 4 nitrogen and oxygen atoms in total. The third-order valence-electron chi connectivity index (χ3n) is 2.37. The number of nitrogens with zero attached hydrogens (tertiary/aromatic N) is 1. The average Bonchev–Trinajstić information content (AvgIpc) is 2.62. The molecule has 1 rings (SSSR count). The molecular weight excluding hydrogens is 222 g/mol. The molecule has 0 unspecified atom stereocenters. The largest absolute Gasteiger partial charge is 0.354 e. The molecular formula is C11H19N3OS. The van der Waals surface area contributed by atoms with Crippen molar-refractivity contribution in [2.45, 2.75) is 33.2 Å². The highest BCUT2D eigenvalue weighted by Gasteiger charge is 2.16. The maximum absolute atomic E-state index is 11.5. The second-order valence-electron chi connectivity index (χ2n) is 4.17. The van der Waals surface area contributed by atoms with Crippen LogP contribution >= 0.6 is 11.3 Å². The van der Waals surface area contributed by atoms with Crippen LogP contribution in [0.15, 0.2) is 5.38 Å². The summed E-state index contributed by atoms with van der Waals surface area (Å²) < 4.78 is 0. The lowest BCUT2D eigenvalue weighted by Gasteiger charge is -2.14. The van der Waals surface area contributed by atoms with Crippen LogP contribution in [0, 0.1) is 12.8 Å². The van der Waals surface area contributed by atoms with Crippen LogP contribution in [-0.4, -0.2) is 23.5 Å². The topological polar surface area (TPSA) is 68.0 Å². The summed E-state index contributed by atoms with van der Waals surface area (Å²) in [5, 5.41) is 5.90. The van der Waals surface area contributed by atoms with Crippen molar-refractivity contribution in [3.8, 4) is 0 Å². The number of hydrogen-bond acceptors (Lipinski definition) is 4. The molecule has 0 aliphatic heterocycles. The van der Waals surface area contributed by atoms with Gasteiger partial charge in [0.1, 0.15) is 0 Å². The summed E-state index contributed by atoms with van der Waals surface area (Å²) in [5.74, 6) is 0.0865. The lowest BCUT2D eigenvalue weighted by atomic mass is 10.1. The number of nitrogens with two attached hydrogens (primary N) is 1. The van der Waals surface area contributed by atoms with E-state index in [4.69, 9.17) is 5.73 Å². The fourth-order valence-corrected chi connectivity index (χ4v) is 1.90. The Morgan fingerprint density at radius 3 is 2.81 bits per heavy atom. The third-order valence-corrected chi connectivity index (χ3v) is 3.19. The molecule has 1 aromatic rings. The Hall–Kier alpha value is -0.940. The molecule has 0 saturated heterocycles. The summed E-state index contributed by atoms with van der Waals surface area (Å²) >= 11 is 1.63. The number of aromatic nitrogens is 1. The molecule has 1 amide bonds. The van der Waals surface area contributed by atoms with Crippen molar-refractivity contribution in [2.75, 3.05) is 6.54 Å². The molecule has 90 valence electrons. The van der Waals surface area contributed by atoms with E-state index in [1.165, 1.54) is 0 Å². The molecule has 16 heavy (non-hydrogen) atoms. The maximum atomic E-state index is 11.5. The summed E-state index contributed by atoms with van der Waals surface area (Å²) in [6, 6.07) is -0.419. The number of thiazole rings is 1. The highest BCUT2D eigenvalue weighted by atomic mass is 32.1. The standard InChI is InChI=1S/C11H19N3OS/c1-7(2)10(12)11(15)13-5-4-9-6-16-8(3)14-9/h6-7,10H,4-5,12H2,1-3H3,(H,13,15)/t10-/m0/s1. The van der Waals surface area contributed by atoms with Gasteiger partial charge < -0.3 is 11.1 Å².